The highest BCUT2D eigenvalue weighted by Gasteiger charge is 2.71. The fraction of sp³-hybridized carbons (Fsp3) is 0.538. The minimum Gasteiger partial charge on any atom is -0.461 e. The molecule has 1 saturated heterocycles. The maximum Gasteiger partial charge on any atom is 0.430 e. The molecule has 248 valence electrons. The number of nitrogens with zero attached hydrogens (tertiary/aromatic N) is 4. The minimum absolute atomic E-state index is 0.0424. The number of carbonyl (C=O) groups excluding carboxylic acids is 1. The van der Waals surface area contributed by atoms with Crippen molar-refractivity contribution in [2.24, 2.45) is 0 Å². The van der Waals surface area contributed by atoms with Gasteiger partial charge in [-0.2, -0.15) is 26.3 Å². The number of aliphatic hydroxyl groups is 1. The van der Waals surface area contributed by atoms with E-state index in [2.05, 4.69) is 15.2 Å². The van der Waals surface area contributed by atoms with Gasteiger partial charge in [0.25, 0.3) is 30.3 Å². The van der Waals surface area contributed by atoms with E-state index in [9.17, 15) is 53.8 Å². The van der Waals surface area contributed by atoms with Gasteiger partial charge in [0.1, 0.15) is 5.60 Å². The number of hydrogen-bond acceptors (Lipinski definition) is 9. The van der Waals surface area contributed by atoms with Crippen LogP contribution in [0.25, 0.3) is 21.3 Å². The molecule has 2 aromatic heterocycles. The monoisotopic (exact) mass is 678 g/mol. The molecule has 0 unspecified atom stereocenters. The standard InChI is InChI=1S/C26H24F10N4O4S/c1-12-7-23(29,30)10-40(12)9-16-18(45-21(37-16)20-39-38-17(44-20)8-22(2,3)43-11-41)14-5-4-13(6-15(14)19(27)28)24(42,25(31,32)33)26(34,35)36/h4-6,11-12,19,42H,7-10H2,1-3H3/t12-/m0/s1. The van der Waals surface area contributed by atoms with E-state index in [1.54, 1.807) is 0 Å². The van der Waals surface area contributed by atoms with Gasteiger partial charge in [-0.25, -0.2) is 22.5 Å². The van der Waals surface area contributed by atoms with E-state index in [1.807, 2.05) is 0 Å². The Morgan fingerprint density at radius 3 is 2.33 bits per heavy atom. The number of alkyl halides is 10. The van der Waals surface area contributed by atoms with Gasteiger partial charge in [0, 0.05) is 35.7 Å². The number of rotatable bonds is 10. The average Bonchev–Trinajstić information content (AvgIpc) is 3.58. The number of benzene rings is 1. The van der Waals surface area contributed by atoms with E-state index < -0.39 is 71.6 Å². The lowest BCUT2D eigenvalue weighted by Crippen LogP contribution is -2.54. The van der Waals surface area contributed by atoms with Gasteiger partial charge in [0.2, 0.25) is 5.89 Å². The van der Waals surface area contributed by atoms with E-state index in [4.69, 9.17) is 9.15 Å². The molecule has 0 saturated carbocycles. The summed E-state index contributed by atoms with van der Waals surface area (Å²) in [7, 11) is 0. The second-order valence-corrected chi connectivity index (χ2v) is 12.1. The number of likely N-dealkylation sites (tertiary alicyclic amines) is 1. The van der Waals surface area contributed by atoms with Crippen LogP contribution in [0.4, 0.5) is 43.9 Å². The van der Waals surface area contributed by atoms with Crippen LogP contribution in [-0.4, -0.2) is 68.1 Å². The fourth-order valence-electron chi connectivity index (χ4n) is 4.85. The summed E-state index contributed by atoms with van der Waals surface area (Å²) in [6, 6.07) is -0.0616. The Balaban J connectivity index is 1.85. The highest BCUT2D eigenvalue weighted by molar-refractivity contribution is 7.18. The van der Waals surface area contributed by atoms with E-state index in [1.165, 1.54) is 25.7 Å². The largest absolute Gasteiger partial charge is 0.461 e. The molecule has 3 heterocycles. The zero-order valence-electron chi connectivity index (χ0n) is 23.4. The quantitative estimate of drug-likeness (QED) is 0.184. The number of hydrogen-bond donors (Lipinski definition) is 1. The maximum absolute atomic E-state index is 14.3. The number of thiazole rings is 1. The molecule has 1 aliphatic heterocycles. The second-order valence-electron chi connectivity index (χ2n) is 11.1. The molecule has 19 heteroatoms. The first kappa shape index (κ1) is 34.6. The van der Waals surface area contributed by atoms with Crippen molar-refractivity contribution in [2.75, 3.05) is 6.54 Å². The lowest BCUT2D eigenvalue weighted by Gasteiger charge is -2.33. The van der Waals surface area contributed by atoms with Crippen LogP contribution in [0.2, 0.25) is 0 Å². The van der Waals surface area contributed by atoms with Gasteiger partial charge >= 0.3 is 12.4 Å². The summed E-state index contributed by atoms with van der Waals surface area (Å²) in [5, 5.41) is 17.3. The molecule has 0 aliphatic carbocycles. The number of carbonyl (C=O) groups is 1. The Bertz CT molecular complexity index is 1520. The molecule has 0 amide bonds. The zero-order valence-corrected chi connectivity index (χ0v) is 24.3. The van der Waals surface area contributed by atoms with Gasteiger partial charge < -0.3 is 14.3 Å². The molecule has 1 atom stereocenters. The molecule has 0 spiro atoms. The molecule has 1 aromatic carbocycles. The summed E-state index contributed by atoms with van der Waals surface area (Å²) in [6.45, 7) is 3.65. The molecule has 1 fully saturated rings. The van der Waals surface area contributed by atoms with Gasteiger partial charge in [0.05, 0.1) is 23.5 Å². The number of aromatic nitrogens is 3. The van der Waals surface area contributed by atoms with Crippen LogP contribution in [0.15, 0.2) is 22.6 Å². The molecule has 1 aliphatic rings. The molecule has 4 rings (SSSR count). The van der Waals surface area contributed by atoms with Gasteiger partial charge in [-0.05, 0) is 26.8 Å². The van der Waals surface area contributed by atoms with Crippen LogP contribution in [0.5, 0.6) is 0 Å². The summed E-state index contributed by atoms with van der Waals surface area (Å²) >= 11 is 0.599. The minimum atomic E-state index is -6.33. The third-order valence-corrected chi connectivity index (χ3v) is 8.18. The zero-order chi connectivity index (χ0) is 33.8. The molecule has 0 radical (unpaired) electrons. The molecule has 8 nitrogen and oxygen atoms in total. The van der Waals surface area contributed by atoms with Crippen LogP contribution >= 0.6 is 11.3 Å². The Labute approximate surface area is 252 Å². The lowest BCUT2D eigenvalue weighted by atomic mass is 9.89. The van der Waals surface area contributed by atoms with E-state index in [0.717, 1.165) is 0 Å². The topological polar surface area (TPSA) is 102 Å². The Hall–Kier alpha value is -3.32. The highest BCUT2D eigenvalue weighted by atomic mass is 32.1. The first-order valence-corrected chi connectivity index (χ1v) is 13.7. The summed E-state index contributed by atoms with van der Waals surface area (Å²) in [5.74, 6) is -3.41. The Kier molecular flexibility index (Phi) is 9.06. The summed E-state index contributed by atoms with van der Waals surface area (Å²) in [6.07, 6.45) is -16.9. The van der Waals surface area contributed by atoms with Gasteiger partial charge in [-0.3, -0.25) is 9.69 Å². The van der Waals surface area contributed by atoms with Crippen LogP contribution < -0.4 is 0 Å². The molecule has 3 aromatic rings. The maximum atomic E-state index is 14.3. The third kappa shape index (κ3) is 6.94. The Morgan fingerprint density at radius 2 is 1.80 bits per heavy atom. The van der Waals surface area contributed by atoms with Crippen molar-refractivity contribution in [3.63, 3.8) is 0 Å². The highest BCUT2D eigenvalue weighted by Crippen LogP contribution is 2.51. The first-order valence-electron chi connectivity index (χ1n) is 12.9. The first-order chi connectivity index (χ1) is 20.6. The van der Waals surface area contributed by atoms with Crippen molar-refractivity contribution in [2.45, 2.75) is 82.1 Å². The smallest absolute Gasteiger partial charge is 0.430 e. The van der Waals surface area contributed by atoms with Crippen molar-refractivity contribution in [1.29, 1.82) is 0 Å². The van der Waals surface area contributed by atoms with Crippen molar-refractivity contribution in [3.8, 4) is 21.3 Å². The predicted octanol–water partition coefficient (Wildman–Crippen LogP) is 6.83. The average molecular weight is 679 g/mol. The van der Waals surface area contributed by atoms with Crippen molar-refractivity contribution >= 4 is 17.8 Å². The fourth-order valence-corrected chi connectivity index (χ4v) is 5.90. The van der Waals surface area contributed by atoms with Gasteiger partial charge in [-0.15, -0.1) is 21.5 Å². The summed E-state index contributed by atoms with van der Waals surface area (Å²) in [4.78, 5) is 16.1. The van der Waals surface area contributed by atoms with Gasteiger partial charge in [-0.1, -0.05) is 12.1 Å². The normalized spacial score (nSPS) is 18.2. The summed E-state index contributed by atoms with van der Waals surface area (Å²) < 4.78 is 148. The SMILES string of the molecule is C[C@H]1CC(F)(F)CN1Cc1nc(-c2nnc(CC(C)(C)OC=O)o2)sc1-c1ccc(C(O)(C(F)(F)F)C(F)(F)F)cc1C(F)F. The van der Waals surface area contributed by atoms with E-state index in [0.29, 0.717) is 17.4 Å². The van der Waals surface area contributed by atoms with Crippen molar-refractivity contribution in [3.05, 3.63) is 40.9 Å². The molecular formula is C26H24F10N4O4S. The third-order valence-electron chi connectivity index (χ3n) is 7.07. The van der Waals surface area contributed by atoms with Crippen molar-refractivity contribution in [1.82, 2.24) is 20.1 Å². The summed E-state index contributed by atoms with van der Waals surface area (Å²) in [5.41, 5.74) is -10.4. The lowest BCUT2D eigenvalue weighted by molar-refractivity contribution is -0.376. The van der Waals surface area contributed by atoms with Crippen LogP contribution in [0.3, 0.4) is 0 Å². The number of ether oxygens (including phenoxy) is 1. The molecular weight excluding hydrogens is 654 g/mol. The van der Waals surface area contributed by atoms with Crippen LogP contribution in [0, 0.1) is 0 Å². The van der Waals surface area contributed by atoms with E-state index in [-0.39, 0.29) is 58.9 Å². The van der Waals surface area contributed by atoms with Gasteiger partial charge in [0.15, 0.2) is 5.01 Å². The van der Waals surface area contributed by atoms with Crippen molar-refractivity contribution < 1.29 is 63.0 Å². The van der Waals surface area contributed by atoms with E-state index >= 15 is 0 Å². The molecule has 0 bridgehead atoms. The second kappa shape index (κ2) is 11.8. The predicted molar refractivity (Wildman–Crippen MR) is 136 cm³/mol. The number of halogens is 10. The molecule has 1 N–H and O–H groups in total. The molecule has 45 heavy (non-hydrogen) atoms. The van der Waals surface area contributed by atoms with Crippen LogP contribution in [0.1, 0.15) is 56.3 Å². The Morgan fingerprint density at radius 1 is 1.16 bits per heavy atom. The van der Waals surface area contributed by atoms with Crippen LogP contribution in [-0.2, 0) is 28.1 Å².